The topological polar surface area (TPSA) is 57.5 Å². The highest BCUT2D eigenvalue weighted by atomic mass is 79.9. The smallest absolute Gasteiger partial charge is 0.313 e. The summed E-state index contributed by atoms with van der Waals surface area (Å²) in [6.45, 7) is 6.03. The van der Waals surface area contributed by atoms with Gasteiger partial charge in [0.25, 0.3) is 0 Å². The Morgan fingerprint density at radius 2 is 1.85 bits per heavy atom. The molecular weight excluding hydrogens is 320 g/mol. The van der Waals surface area contributed by atoms with E-state index in [0.29, 0.717) is 12.8 Å². The van der Waals surface area contributed by atoms with Crippen LogP contribution in [-0.2, 0) is 10.2 Å². The second kappa shape index (κ2) is 6.72. The van der Waals surface area contributed by atoms with Crippen LogP contribution in [0.5, 0.6) is 0 Å². The van der Waals surface area contributed by atoms with Gasteiger partial charge in [-0.3, -0.25) is 4.79 Å². The highest BCUT2D eigenvalue weighted by Gasteiger charge is 2.36. The number of carboxylic acid groups (broad SMARTS) is 1. The van der Waals surface area contributed by atoms with Crippen molar-refractivity contribution in [3.8, 4) is 0 Å². The van der Waals surface area contributed by atoms with Crippen LogP contribution in [0, 0.1) is 5.41 Å². The number of hydrogen-bond donors (Lipinski definition) is 2. The molecule has 0 radical (unpaired) electrons. The third-order valence-corrected chi connectivity index (χ3v) is 4.52. The Labute approximate surface area is 129 Å². The Kier molecular flexibility index (Phi) is 5.78. The Bertz CT molecular complexity index is 471. The molecule has 0 aliphatic rings. The van der Waals surface area contributed by atoms with Crippen LogP contribution in [0.2, 0.25) is 0 Å². The lowest BCUT2D eigenvalue weighted by atomic mass is 9.73. The molecule has 0 spiro atoms. The van der Waals surface area contributed by atoms with Crippen LogP contribution < -0.4 is 0 Å². The van der Waals surface area contributed by atoms with Crippen molar-refractivity contribution in [2.45, 2.75) is 45.4 Å². The molecule has 0 fully saturated rings. The van der Waals surface area contributed by atoms with Gasteiger partial charge in [0.1, 0.15) is 0 Å². The molecule has 0 aliphatic heterocycles. The number of aliphatic hydroxyl groups is 1. The van der Waals surface area contributed by atoms with E-state index in [4.69, 9.17) is 5.11 Å². The third-order valence-electron chi connectivity index (χ3n) is 4.02. The molecule has 0 aliphatic carbocycles. The number of benzene rings is 1. The molecule has 1 atom stereocenters. The average molecular weight is 343 g/mol. The number of carboxylic acids is 1. The van der Waals surface area contributed by atoms with Gasteiger partial charge in [-0.15, -0.1) is 0 Å². The van der Waals surface area contributed by atoms with Gasteiger partial charge in [0.2, 0.25) is 0 Å². The maximum absolute atomic E-state index is 11.7. The first-order valence-corrected chi connectivity index (χ1v) is 7.61. The fourth-order valence-electron chi connectivity index (χ4n) is 2.22. The molecule has 1 aromatic carbocycles. The molecule has 0 aromatic heterocycles. The lowest BCUT2D eigenvalue weighted by Crippen LogP contribution is -2.34. The van der Waals surface area contributed by atoms with Crippen LogP contribution in [0.15, 0.2) is 28.7 Å². The van der Waals surface area contributed by atoms with Crippen LogP contribution in [0.4, 0.5) is 0 Å². The normalized spacial score (nSPS) is 14.8. The molecule has 1 aromatic rings. The van der Waals surface area contributed by atoms with Crippen LogP contribution in [0.25, 0.3) is 0 Å². The van der Waals surface area contributed by atoms with Crippen molar-refractivity contribution in [3.05, 3.63) is 34.3 Å². The highest BCUT2D eigenvalue weighted by molar-refractivity contribution is 9.10. The minimum Gasteiger partial charge on any atom is -0.481 e. The van der Waals surface area contributed by atoms with E-state index in [0.717, 1.165) is 16.5 Å². The summed E-state index contributed by atoms with van der Waals surface area (Å²) in [4.78, 5) is 11.7. The van der Waals surface area contributed by atoms with Crippen molar-refractivity contribution >= 4 is 21.9 Å². The molecule has 0 saturated heterocycles. The number of rotatable bonds is 7. The van der Waals surface area contributed by atoms with Gasteiger partial charge in [0.15, 0.2) is 0 Å². The minimum absolute atomic E-state index is 0.0581. The molecule has 0 heterocycles. The average Bonchev–Trinajstić information content (AvgIpc) is 2.35. The van der Waals surface area contributed by atoms with Gasteiger partial charge in [-0.1, -0.05) is 41.9 Å². The Morgan fingerprint density at radius 3 is 2.35 bits per heavy atom. The van der Waals surface area contributed by atoms with Crippen LogP contribution >= 0.6 is 15.9 Å². The third kappa shape index (κ3) is 4.32. The van der Waals surface area contributed by atoms with Crippen molar-refractivity contribution < 1.29 is 15.0 Å². The maximum atomic E-state index is 11.7. The molecule has 0 bridgehead atoms. The van der Waals surface area contributed by atoms with Crippen LogP contribution in [0.1, 0.15) is 45.6 Å². The molecule has 2 N–H and O–H groups in total. The molecular formula is C16H23BrO3. The summed E-state index contributed by atoms with van der Waals surface area (Å²) < 4.78 is 0.886. The molecule has 3 nitrogen and oxygen atoms in total. The quantitative estimate of drug-likeness (QED) is 0.787. The first-order valence-electron chi connectivity index (χ1n) is 6.81. The van der Waals surface area contributed by atoms with E-state index in [2.05, 4.69) is 29.8 Å². The van der Waals surface area contributed by atoms with Gasteiger partial charge >= 0.3 is 5.97 Å². The molecule has 20 heavy (non-hydrogen) atoms. The lowest BCUT2D eigenvalue weighted by molar-refractivity contribution is -0.143. The van der Waals surface area contributed by atoms with Gasteiger partial charge in [-0.05, 0) is 49.3 Å². The van der Waals surface area contributed by atoms with Crippen molar-refractivity contribution in [1.29, 1.82) is 0 Å². The highest BCUT2D eigenvalue weighted by Crippen LogP contribution is 2.36. The standard InChI is InChI=1S/C16H23BrO3/c1-15(2,9-10-18)7-8-16(3,14(19)20)12-5-4-6-13(17)11-12/h4-6,11,18H,7-10H2,1-3H3,(H,19,20). The largest absolute Gasteiger partial charge is 0.481 e. The summed E-state index contributed by atoms with van der Waals surface area (Å²) in [5, 5.41) is 18.7. The van der Waals surface area contributed by atoms with Crippen LogP contribution in [0.3, 0.4) is 0 Å². The Hall–Kier alpha value is -0.870. The van der Waals surface area contributed by atoms with Crippen LogP contribution in [-0.4, -0.2) is 22.8 Å². The monoisotopic (exact) mass is 342 g/mol. The van der Waals surface area contributed by atoms with Crippen molar-refractivity contribution in [1.82, 2.24) is 0 Å². The van der Waals surface area contributed by atoms with Gasteiger partial charge in [-0.2, -0.15) is 0 Å². The SMILES string of the molecule is CC(C)(CCO)CCC(C)(C(=O)O)c1cccc(Br)c1. The Balaban J connectivity index is 2.96. The van der Waals surface area contributed by atoms with Gasteiger partial charge in [0, 0.05) is 11.1 Å². The van der Waals surface area contributed by atoms with E-state index in [1.165, 1.54) is 0 Å². The maximum Gasteiger partial charge on any atom is 0.313 e. The van der Waals surface area contributed by atoms with E-state index in [1.54, 1.807) is 6.92 Å². The van der Waals surface area contributed by atoms with E-state index < -0.39 is 11.4 Å². The predicted molar refractivity (Wildman–Crippen MR) is 83.8 cm³/mol. The molecule has 0 amide bonds. The fourth-order valence-corrected chi connectivity index (χ4v) is 2.62. The minimum atomic E-state index is -0.906. The fraction of sp³-hybridized carbons (Fsp3) is 0.562. The predicted octanol–water partition coefficient (Wildman–Crippen LogP) is 3.98. The van der Waals surface area contributed by atoms with E-state index >= 15 is 0 Å². The first kappa shape index (κ1) is 17.2. The number of aliphatic carboxylic acids is 1. The lowest BCUT2D eigenvalue weighted by Gasteiger charge is -2.31. The second-order valence-electron chi connectivity index (χ2n) is 6.29. The Morgan fingerprint density at radius 1 is 1.20 bits per heavy atom. The summed E-state index contributed by atoms with van der Waals surface area (Å²) in [5.74, 6) is -0.810. The van der Waals surface area contributed by atoms with Gasteiger partial charge < -0.3 is 10.2 Å². The zero-order valence-corrected chi connectivity index (χ0v) is 13.9. The molecule has 4 heteroatoms. The summed E-state index contributed by atoms with van der Waals surface area (Å²) in [7, 11) is 0. The van der Waals surface area contributed by atoms with E-state index in [9.17, 15) is 9.90 Å². The summed E-state index contributed by atoms with van der Waals surface area (Å²) in [6.07, 6.45) is 1.98. The first-order chi connectivity index (χ1) is 9.21. The molecule has 0 saturated carbocycles. The second-order valence-corrected chi connectivity index (χ2v) is 7.20. The van der Waals surface area contributed by atoms with Crippen molar-refractivity contribution in [3.63, 3.8) is 0 Å². The van der Waals surface area contributed by atoms with Gasteiger partial charge in [-0.25, -0.2) is 0 Å². The van der Waals surface area contributed by atoms with E-state index in [-0.39, 0.29) is 12.0 Å². The van der Waals surface area contributed by atoms with Crippen molar-refractivity contribution in [2.75, 3.05) is 6.61 Å². The zero-order valence-electron chi connectivity index (χ0n) is 12.3. The molecule has 1 rings (SSSR count). The zero-order chi connectivity index (χ0) is 15.4. The summed E-state index contributed by atoms with van der Waals surface area (Å²) >= 11 is 3.39. The van der Waals surface area contributed by atoms with E-state index in [1.807, 2.05) is 24.3 Å². The molecule has 1 unspecified atom stereocenters. The number of hydrogen-bond acceptors (Lipinski definition) is 2. The summed E-state index contributed by atoms with van der Waals surface area (Å²) in [5.41, 5.74) is -0.160. The van der Waals surface area contributed by atoms with Crippen molar-refractivity contribution in [2.24, 2.45) is 5.41 Å². The van der Waals surface area contributed by atoms with Gasteiger partial charge in [0.05, 0.1) is 5.41 Å². The number of halogens is 1. The number of aliphatic hydroxyl groups excluding tert-OH is 1. The summed E-state index contributed by atoms with van der Waals surface area (Å²) in [6, 6.07) is 7.48. The number of carbonyl (C=O) groups is 1. The molecule has 112 valence electrons.